The average Bonchev–Trinajstić information content (AvgIpc) is 2.31. The van der Waals surface area contributed by atoms with Crippen LogP contribution in [0.1, 0.15) is 11.1 Å². The minimum absolute atomic E-state index is 0.110. The minimum atomic E-state index is -3.52. The predicted octanol–water partition coefficient (Wildman–Crippen LogP) is 2.99. The van der Waals surface area contributed by atoms with Crippen LogP contribution in [0.4, 0.5) is 5.82 Å². The zero-order valence-electron chi connectivity index (χ0n) is 10.3. The fourth-order valence-electron chi connectivity index (χ4n) is 1.67. The second-order valence-electron chi connectivity index (χ2n) is 4.18. The summed E-state index contributed by atoms with van der Waals surface area (Å²) in [5.74, 6) is 0.0403. The van der Waals surface area contributed by atoms with Crippen molar-refractivity contribution in [2.75, 3.05) is 4.72 Å². The predicted molar refractivity (Wildman–Crippen MR) is 76.7 cm³/mol. The Morgan fingerprint density at radius 2 is 2.05 bits per heavy atom. The summed E-state index contributed by atoms with van der Waals surface area (Å²) in [5, 5.41) is 0.273. The highest BCUT2D eigenvalue weighted by atomic mass is 35.5. The molecule has 0 amide bonds. The van der Waals surface area contributed by atoms with Crippen LogP contribution in [0.15, 0.2) is 42.6 Å². The molecule has 0 aliphatic heterocycles. The second kappa shape index (κ2) is 5.59. The van der Waals surface area contributed by atoms with Crippen LogP contribution in [0.2, 0.25) is 5.02 Å². The van der Waals surface area contributed by atoms with Gasteiger partial charge in [-0.15, -0.1) is 0 Å². The van der Waals surface area contributed by atoms with E-state index >= 15 is 0 Å². The molecular formula is C13H13ClN2O2S. The molecule has 100 valence electrons. The van der Waals surface area contributed by atoms with Gasteiger partial charge in [-0.3, -0.25) is 4.72 Å². The number of halogens is 1. The lowest BCUT2D eigenvalue weighted by Gasteiger charge is -2.08. The van der Waals surface area contributed by atoms with Crippen molar-refractivity contribution >= 4 is 27.4 Å². The number of anilines is 1. The average molecular weight is 297 g/mol. The van der Waals surface area contributed by atoms with Crippen molar-refractivity contribution in [2.24, 2.45) is 0 Å². The molecule has 0 unspecified atom stereocenters. The van der Waals surface area contributed by atoms with Crippen LogP contribution in [-0.4, -0.2) is 13.4 Å². The smallest absolute Gasteiger partial charge is 0.238 e. The lowest BCUT2D eigenvalue weighted by molar-refractivity contribution is 0.600. The number of sulfonamides is 1. The number of benzene rings is 1. The van der Waals surface area contributed by atoms with E-state index in [9.17, 15) is 8.42 Å². The zero-order valence-corrected chi connectivity index (χ0v) is 11.9. The van der Waals surface area contributed by atoms with Crippen molar-refractivity contribution in [3.8, 4) is 0 Å². The first-order valence-electron chi connectivity index (χ1n) is 5.63. The van der Waals surface area contributed by atoms with Crippen molar-refractivity contribution in [3.63, 3.8) is 0 Å². The summed E-state index contributed by atoms with van der Waals surface area (Å²) >= 11 is 5.87. The SMILES string of the molecule is Cc1cccc(CS(=O)(=O)Nc2ncccc2Cl)c1. The highest BCUT2D eigenvalue weighted by molar-refractivity contribution is 7.91. The first-order chi connectivity index (χ1) is 8.96. The fourth-order valence-corrected chi connectivity index (χ4v) is 3.04. The van der Waals surface area contributed by atoms with Gasteiger partial charge < -0.3 is 0 Å². The quantitative estimate of drug-likeness (QED) is 0.943. The highest BCUT2D eigenvalue weighted by Gasteiger charge is 2.14. The number of pyridine rings is 1. The Hall–Kier alpha value is -1.59. The van der Waals surface area contributed by atoms with E-state index in [2.05, 4.69) is 9.71 Å². The van der Waals surface area contributed by atoms with E-state index in [0.29, 0.717) is 0 Å². The molecule has 0 radical (unpaired) electrons. The molecule has 0 aliphatic carbocycles. The number of hydrogen-bond donors (Lipinski definition) is 1. The molecule has 0 aliphatic rings. The first kappa shape index (κ1) is 13.8. The monoisotopic (exact) mass is 296 g/mol. The summed E-state index contributed by atoms with van der Waals surface area (Å²) < 4.78 is 26.4. The van der Waals surface area contributed by atoms with Crippen molar-refractivity contribution in [1.29, 1.82) is 0 Å². The van der Waals surface area contributed by atoms with Gasteiger partial charge in [-0.1, -0.05) is 41.4 Å². The van der Waals surface area contributed by atoms with Gasteiger partial charge in [0.1, 0.15) is 0 Å². The van der Waals surface area contributed by atoms with Crippen LogP contribution in [0.5, 0.6) is 0 Å². The summed E-state index contributed by atoms with van der Waals surface area (Å²) in [5.41, 5.74) is 1.74. The van der Waals surface area contributed by atoms with Gasteiger partial charge in [0.25, 0.3) is 0 Å². The summed E-state index contributed by atoms with van der Waals surface area (Å²) in [6.45, 7) is 1.92. The third-order valence-corrected chi connectivity index (χ3v) is 3.97. The topological polar surface area (TPSA) is 59.1 Å². The second-order valence-corrected chi connectivity index (χ2v) is 6.31. The highest BCUT2D eigenvalue weighted by Crippen LogP contribution is 2.20. The summed E-state index contributed by atoms with van der Waals surface area (Å²) in [6.07, 6.45) is 1.48. The van der Waals surface area contributed by atoms with Gasteiger partial charge in [0.05, 0.1) is 10.8 Å². The molecule has 0 saturated carbocycles. The van der Waals surface area contributed by atoms with E-state index in [4.69, 9.17) is 11.6 Å². The number of aromatic nitrogens is 1. The lowest BCUT2D eigenvalue weighted by Crippen LogP contribution is -2.16. The Morgan fingerprint density at radius 1 is 1.26 bits per heavy atom. The molecule has 0 atom stereocenters. The molecule has 1 N–H and O–H groups in total. The number of nitrogens with one attached hydrogen (secondary N) is 1. The van der Waals surface area contributed by atoms with Crippen molar-refractivity contribution < 1.29 is 8.42 Å². The molecule has 1 aromatic carbocycles. The van der Waals surface area contributed by atoms with E-state index in [1.54, 1.807) is 18.2 Å². The first-order valence-corrected chi connectivity index (χ1v) is 7.66. The van der Waals surface area contributed by atoms with E-state index in [-0.39, 0.29) is 16.6 Å². The van der Waals surface area contributed by atoms with E-state index in [0.717, 1.165) is 11.1 Å². The lowest BCUT2D eigenvalue weighted by atomic mass is 10.2. The standard InChI is InChI=1S/C13H13ClN2O2S/c1-10-4-2-5-11(8-10)9-19(17,18)16-13-12(14)6-3-7-15-13/h2-8H,9H2,1H3,(H,15,16). The van der Waals surface area contributed by atoms with E-state index < -0.39 is 10.0 Å². The third kappa shape index (κ3) is 3.94. The van der Waals surface area contributed by atoms with Crippen LogP contribution in [0.25, 0.3) is 0 Å². The Labute approximate surface area is 117 Å². The fraction of sp³-hybridized carbons (Fsp3) is 0.154. The Balaban J connectivity index is 2.18. The molecule has 6 heteroatoms. The molecule has 2 rings (SSSR count). The van der Waals surface area contributed by atoms with Crippen LogP contribution in [0, 0.1) is 6.92 Å². The van der Waals surface area contributed by atoms with Crippen molar-refractivity contribution in [3.05, 3.63) is 58.7 Å². The maximum atomic E-state index is 12.0. The molecule has 0 fully saturated rings. The molecule has 1 heterocycles. The van der Waals surface area contributed by atoms with Gasteiger partial charge in [-0.25, -0.2) is 13.4 Å². The number of rotatable bonds is 4. The number of nitrogens with zero attached hydrogens (tertiary/aromatic N) is 1. The number of aryl methyl sites for hydroxylation is 1. The van der Waals surface area contributed by atoms with Gasteiger partial charge in [0, 0.05) is 6.20 Å². The summed E-state index contributed by atoms with van der Waals surface area (Å²) in [7, 11) is -3.52. The van der Waals surface area contributed by atoms with E-state index in [1.165, 1.54) is 6.20 Å². The number of hydrogen-bond acceptors (Lipinski definition) is 3. The van der Waals surface area contributed by atoms with Gasteiger partial charge in [-0.05, 0) is 24.6 Å². The maximum absolute atomic E-state index is 12.0. The van der Waals surface area contributed by atoms with Gasteiger partial charge >= 0.3 is 0 Å². The van der Waals surface area contributed by atoms with Crippen LogP contribution >= 0.6 is 11.6 Å². The zero-order chi connectivity index (χ0) is 13.9. The van der Waals surface area contributed by atoms with Gasteiger partial charge in [-0.2, -0.15) is 0 Å². The van der Waals surface area contributed by atoms with E-state index in [1.807, 2.05) is 25.1 Å². The third-order valence-electron chi connectivity index (χ3n) is 2.45. The molecule has 0 spiro atoms. The molecular weight excluding hydrogens is 284 g/mol. The van der Waals surface area contributed by atoms with Gasteiger partial charge in [0.15, 0.2) is 5.82 Å². The van der Waals surface area contributed by atoms with Gasteiger partial charge in [0.2, 0.25) is 10.0 Å². The Morgan fingerprint density at radius 3 is 2.74 bits per heavy atom. The van der Waals surface area contributed by atoms with Crippen LogP contribution in [0.3, 0.4) is 0 Å². The Kier molecular flexibility index (Phi) is 4.07. The Bertz CT molecular complexity index is 687. The molecule has 19 heavy (non-hydrogen) atoms. The molecule has 2 aromatic rings. The normalized spacial score (nSPS) is 11.3. The van der Waals surface area contributed by atoms with Crippen LogP contribution < -0.4 is 4.72 Å². The maximum Gasteiger partial charge on any atom is 0.238 e. The van der Waals surface area contributed by atoms with Crippen LogP contribution in [-0.2, 0) is 15.8 Å². The van der Waals surface area contributed by atoms with Crippen molar-refractivity contribution in [2.45, 2.75) is 12.7 Å². The summed E-state index contributed by atoms with van der Waals surface area (Å²) in [4.78, 5) is 3.90. The largest absolute Gasteiger partial charge is 0.266 e. The van der Waals surface area contributed by atoms with Crippen molar-refractivity contribution in [1.82, 2.24) is 4.98 Å². The summed E-state index contributed by atoms with van der Waals surface area (Å²) in [6, 6.07) is 10.6. The molecule has 0 bridgehead atoms. The molecule has 4 nitrogen and oxygen atoms in total. The molecule has 0 saturated heterocycles. The molecule has 1 aromatic heterocycles. The minimum Gasteiger partial charge on any atom is -0.266 e.